The van der Waals surface area contributed by atoms with Gasteiger partial charge in [0.2, 0.25) is 0 Å². The molecule has 1 N–H and O–H groups in total. The molecule has 0 atom stereocenters. The minimum atomic E-state index is -4.34. The van der Waals surface area contributed by atoms with Crippen LogP contribution in [0.3, 0.4) is 0 Å². The van der Waals surface area contributed by atoms with Crippen molar-refractivity contribution in [3.8, 4) is 11.4 Å². The Balaban J connectivity index is 1.54. The number of alkyl halides is 3. The summed E-state index contributed by atoms with van der Waals surface area (Å²) in [6.07, 6.45) is 1.68. The van der Waals surface area contributed by atoms with E-state index in [1.807, 2.05) is 18.2 Å². The second-order valence-corrected chi connectivity index (χ2v) is 8.44. The van der Waals surface area contributed by atoms with Gasteiger partial charge in [-0.15, -0.1) is 0 Å². The first-order chi connectivity index (χ1) is 14.2. The molecule has 1 saturated carbocycles. The number of aromatic nitrogens is 2. The third kappa shape index (κ3) is 4.64. The van der Waals surface area contributed by atoms with Crippen molar-refractivity contribution < 1.29 is 18.0 Å². The molecule has 8 heteroatoms. The molecule has 1 aromatic heterocycles. The standard InChI is InChI=1S/C22H17F3N2O2S/c23-22(24,25)30-16-8-6-15(7-9-16)21(10-11-21)13-18(28)17-12-19(29)27-20(26-17)14-4-2-1-3-5-14/h1-9,12H,10-11,13H2,(H,26,27,29). The number of ketones is 1. The molecule has 0 radical (unpaired) electrons. The summed E-state index contributed by atoms with van der Waals surface area (Å²) in [7, 11) is 0. The summed E-state index contributed by atoms with van der Waals surface area (Å²) in [6, 6.07) is 16.4. The van der Waals surface area contributed by atoms with Gasteiger partial charge in [0.05, 0.1) is 0 Å². The number of hydrogen-bond acceptors (Lipinski definition) is 4. The zero-order valence-corrected chi connectivity index (χ0v) is 16.5. The largest absolute Gasteiger partial charge is 0.446 e. The highest BCUT2D eigenvalue weighted by atomic mass is 32.2. The van der Waals surface area contributed by atoms with E-state index in [4.69, 9.17) is 0 Å². The second kappa shape index (κ2) is 7.75. The van der Waals surface area contributed by atoms with Gasteiger partial charge < -0.3 is 4.98 Å². The van der Waals surface area contributed by atoms with Gasteiger partial charge in [-0.05, 0) is 42.3 Å². The third-order valence-electron chi connectivity index (χ3n) is 5.13. The number of carbonyl (C=O) groups excluding carboxylic acids is 1. The molecule has 0 spiro atoms. The van der Waals surface area contributed by atoms with E-state index < -0.39 is 16.5 Å². The predicted octanol–water partition coefficient (Wildman–Crippen LogP) is 5.35. The number of benzene rings is 2. The molecule has 2 aromatic carbocycles. The van der Waals surface area contributed by atoms with Crippen molar-refractivity contribution in [2.24, 2.45) is 0 Å². The van der Waals surface area contributed by atoms with E-state index in [9.17, 15) is 22.8 Å². The van der Waals surface area contributed by atoms with Crippen LogP contribution in [0.1, 0.15) is 35.3 Å². The van der Waals surface area contributed by atoms with Crippen LogP contribution in [0.25, 0.3) is 11.4 Å². The molecule has 0 aliphatic heterocycles. The number of halogens is 3. The second-order valence-electron chi connectivity index (χ2n) is 7.30. The average molecular weight is 430 g/mol. The maximum Gasteiger partial charge on any atom is 0.446 e. The van der Waals surface area contributed by atoms with Crippen LogP contribution in [0.5, 0.6) is 0 Å². The van der Waals surface area contributed by atoms with Crippen LogP contribution in [0.2, 0.25) is 0 Å². The molecule has 30 heavy (non-hydrogen) atoms. The molecule has 3 aromatic rings. The summed E-state index contributed by atoms with van der Waals surface area (Å²) < 4.78 is 37.6. The van der Waals surface area contributed by atoms with Crippen LogP contribution in [0, 0.1) is 0 Å². The Morgan fingerprint density at radius 3 is 2.33 bits per heavy atom. The Morgan fingerprint density at radius 2 is 1.73 bits per heavy atom. The Labute approximate surface area is 174 Å². The highest BCUT2D eigenvalue weighted by Gasteiger charge is 2.46. The van der Waals surface area contributed by atoms with Crippen LogP contribution in [-0.2, 0) is 5.41 Å². The molecule has 4 nitrogen and oxygen atoms in total. The summed E-state index contributed by atoms with van der Waals surface area (Å²) in [5.41, 5.74) is -3.54. The van der Waals surface area contributed by atoms with Gasteiger partial charge in [0.25, 0.3) is 5.56 Å². The van der Waals surface area contributed by atoms with E-state index >= 15 is 0 Å². The van der Waals surface area contributed by atoms with E-state index in [0.717, 1.165) is 18.4 Å². The summed E-state index contributed by atoms with van der Waals surface area (Å²) in [6.45, 7) is 0. The fourth-order valence-corrected chi connectivity index (χ4v) is 4.00. The van der Waals surface area contributed by atoms with Crippen LogP contribution in [0.4, 0.5) is 13.2 Å². The molecule has 4 rings (SSSR count). The maximum atomic E-state index is 12.9. The van der Waals surface area contributed by atoms with Crippen LogP contribution >= 0.6 is 11.8 Å². The van der Waals surface area contributed by atoms with Crippen LogP contribution in [-0.4, -0.2) is 21.3 Å². The number of rotatable bonds is 6. The number of nitrogens with one attached hydrogen (secondary N) is 1. The number of Topliss-reactive ketones (excluding diaryl/α,β-unsaturated/α-hetero) is 1. The zero-order valence-electron chi connectivity index (χ0n) is 15.7. The van der Waals surface area contributed by atoms with Gasteiger partial charge in [-0.2, -0.15) is 13.2 Å². The molecule has 0 unspecified atom stereocenters. The summed E-state index contributed by atoms with van der Waals surface area (Å²) in [4.78, 5) is 32.0. The Morgan fingerprint density at radius 1 is 1.07 bits per heavy atom. The number of nitrogens with zero attached hydrogens (tertiary/aromatic N) is 1. The molecule has 0 bridgehead atoms. The summed E-state index contributed by atoms with van der Waals surface area (Å²) in [5.74, 6) is 0.0642. The number of carbonyl (C=O) groups is 1. The molecule has 1 heterocycles. The predicted molar refractivity (Wildman–Crippen MR) is 109 cm³/mol. The Hall–Kier alpha value is -2.87. The zero-order chi connectivity index (χ0) is 21.4. The lowest BCUT2D eigenvalue weighted by atomic mass is 9.89. The minimum Gasteiger partial charge on any atom is -0.306 e. The summed E-state index contributed by atoms with van der Waals surface area (Å²) >= 11 is -0.163. The quantitative estimate of drug-likeness (QED) is 0.423. The number of hydrogen-bond donors (Lipinski definition) is 1. The fourth-order valence-electron chi connectivity index (χ4n) is 3.46. The number of thioether (sulfide) groups is 1. The lowest BCUT2D eigenvalue weighted by Gasteiger charge is -2.15. The van der Waals surface area contributed by atoms with Gasteiger partial charge in [0, 0.05) is 28.4 Å². The van der Waals surface area contributed by atoms with Gasteiger partial charge >= 0.3 is 5.51 Å². The van der Waals surface area contributed by atoms with Crippen molar-refractivity contribution in [1.82, 2.24) is 9.97 Å². The maximum absolute atomic E-state index is 12.9. The van der Waals surface area contributed by atoms with E-state index in [0.29, 0.717) is 11.4 Å². The van der Waals surface area contributed by atoms with Gasteiger partial charge in [-0.1, -0.05) is 42.5 Å². The van der Waals surface area contributed by atoms with E-state index in [1.165, 1.54) is 18.2 Å². The molecule has 0 amide bonds. The van der Waals surface area contributed by atoms with Crippen molar-refractivity contribution in [2.45, 2.75) is 35.1 Å². The molecule has 154 valence electrons. The van der Waals surface area contributed by atoms with Crippen molar-refractivity contribution in [3.05, 3.63) is 82.3 Å². The average Bonchev–Trinajstić information content (AvgIpc) is 3.48. The van der Waals surface area contributed by atoms with Gasteiger partial charge in [0.1, 0.15) is 11.5 Å². The van der Waals surface area contributed by atoms with Crippen molar-refractivity contribution in [1.29, 1.82) is 0 Å². The van der Waals surface area contributed by atoms with Gasteiger partial charge in [0.15, 0.2) is 5.78 Å². The molecule has 1 aliphatic rings. The molecular weight excluding hydrogens is 413 g/mol. The first kappa shape index (κ1) is 20.4. The van der Waals surface area contributed by atoms with Crippen molar-refractivity contribution >= 4 is 17.5 Å². The Bertz CT molecular complexity index is 1120. The number of H-pyrrole nitrogens is 1. The monoisotopic (exact) mass is 430 g/mol. The third-order valence-corrected chi connectivity index (χ3v) is 5.87. The molecule has 1 aliphatic carbocycles. The number of aromatic amines is 1. The Kier molecular flexibility index (Phi) is 5.27. The van der Waals surface area contributed by atoms with Crippen molar-refractivity contribution in [2.75, 3.05) is 0 Å². The minimum absolute atomic E-state index is 0.0909. The van der Waals surface area contributed by atoms with E-state index in [2.05, 4.69) is 9.97 Å². The fraction of sp³-hybridized carbons (Fsp3) is 0.227. The van der Waals surface area contributed by atoms with Gasteiger partial charge in [-0.25, -0.2) is 4.98 Å². The van der Waals surface area contributed by atoms with Crippen molar-refractivity contribution in [3.63, 3.8) is 0 Å². The van der Waals surface area contributed by atoms with Crippen LogP contribution < -0.4 is 5.56 Å². The first-order valence-corrected chi connectivity index (χ1v) is 10.1. The summed E-state index contributed by atoms with van der Waals surface area (Å²) in [5, 5.41) is 0. The lowest BCUT2D eigenvalue weighted by molar-refractivity contribution is -0.0328. The topological polar surface area (TPSA) is 62.8 Å². The highest BCUT2D eigenvalue weighted by Crippen LogP contribution is 2.52. The van der Waals surface area contributed by atoms with Gasteiger partial charge in [-0.3, -0.25) is 9.59 Å². The molecule has 1 fully saturated rings. The van der Waals surface area contributed by atoms with E-state index in [-0.39, 0.29) is 34.6 Å². The highest BCUT2D eigenvalue weighted by molar-refractivity contribution is 8.00. The SMILES string of the molecule is O=C(CC1(c2ccc(SC(F)(F)F)cc2)CC1)c1cc(=O)[nH]c(-c2ccccc2)n1. The van der Waals surface area contributed by atoms with Crippen LogP contribution in [0.15, 0.2) is 70.4 Å². The lowest BCUT2D eigenvalue weighted by Crippen LogP contribution is -2.18. The first-order valence-electron chi connectivity index (χ1n) is 9.30. The molecular formula is C22H17F3N2O2S. The molecule has 0 saturated heterocycles. The van der Waals surface area contributed by atoms with E-state index in [1.54, 1.807) is 24.3 Å². The smallest absolute Gasteiger partial charge is 0.306 e. The normalized spacial score (nSPS) is 15.0.